The number of rotatable bonds is 7. The topological polar surface area (TPSA) is 83.5 Å². The summed E-state index contributed by atoms with van der Waals surface area (Å²) in [5, 5.41) is 10.9. The third kappa shape index (κ3) is 6.85. The third-order valence-corrected chi connectivity index (χ3v) is 3.11. The Morgan fingerprint density at radius 3 is 2.57 bits per heavy atom. The lowest BCUT2D eigenvalue weighted by atomic mass is 10.3. The van der Waals surface area contributed by atoms with Crippen LogP contribution in [0.2, 0.25) is 0 Å². The fourth-order valence-electron chi connectivity index (χ4n) is 0.867. The molecule has 0 radical (unpaired) electrons. The largest absolute Gasteiger partial charge is 0.395 e. The van der Waals surface area contributed by atoms with Crippen LogP contribution in [0.3, 0.4) is 0 Å². The molecule has 0 saturated carbocycles. The third-order valence-electron chi connectivity index (χ3n) is 1.61. The predicted molar refractivity (Wildman–Crippen MR) is 53.7 cm³/mol. The first-order chi connectivity index (χ1) is 6.52. The number of aliphatic hydroxyl groups is 1. The minimum absolute atomic E-state index is 0.353. The van der Waals surface area contributed by atoms with Gasteiger partial charge in [-0.15, -0.1) is 0 Å². The Bertz CT molecular complexity index is 261. The number of nitrogens with one attached hydrogen (secondary N) is 1. The monoisotopic (exact) mass is 223 g/mol. The molecule has 0 atom stereocenters. The van der Waals surface area contributed by atoms with Crippen LogP contribution < -0.4 is 5.32 Å². The van der Waals surface area contributed by atoms with Gasteiger partial charge in [0.2, 0.25) is 5.91 Å². The molecule has 0 aromatic carbocycles. The zero-order chi connectivity index (χ0) is 11.0. The van der Waals surface area contributed by atoms with Gasteiger partial charge in [-0.1, -0.05) is 13.3 Å². The maximum absolute atomic E-state index is 11.1. The number of carbonyl (C=O) groups is 1. The molecule has 5 nitrogen and oxygen atoms in total. The fourth-order valence-corrected chi connectivity index (χ4v) is 1.79. The molecule has 0 aliphatic carbocycles. The summed E-state index contributed by atoms with van der Waals surface area (Å²) in [6, 6.07) is 0. The Labute approximate surface area is 84.4 Å². The van der Waals surface area contributed by atoms with E-state index in [0.29, 0.717) is 6.54 Å². The van der Waals surface area contributed by atoms with Gasteiger partial charge in [0.15, 0.2) is 9.84 Å². The Morgan fingerprint density at radius 1 is 1.43 bits per heavy atom. The van der Waals surface area contributed by atoms with Crippen molar-refractivity contribution in [2.45, 2.75) is 19.8 Å². The smallest absolute Gasteiger partial charge is 0.235 e. The van der Waals surface area contributed by atoms with Crippen molar-refractivity contribution in [1.82, 2.24) is 5.32 Å². The zero-order valence-electron chi connectivity index (χ0n) is 8.32. The number of hydrogen-bond acceptors (Lipinski definition) is 4. The predicted octanol–water partition coefficient (Wildman–Crippen LogP) is -0.690. The first-order valence-corrected chi connectivity index (χ1v) is 6.42. The number of carbonyl (C=O) groups excluding carboxylic acids is 1. The zero-order valence-corrected chi connectivity index (χ0v) is 9.14. The fraction of sp³-hybridized carbons (Fsp3) is 0.875. The number of aliphatic hydroxyl groups excluding tert-OH is 1. The number of hydrogen-bond donors (Lipinski definition) is 2. The average Bonchev–Trinajstić information content (AvgIpc) is 2.03. The van der Waals surface area contributed by atoms with Gasteiger partial charge in [0.05, 0.1) is 12.4 Å². The summed E-state index contributed by atoms with van der Waals surface area (Å²) in [5.74, 6) is -1.38. The van der Waals surface area contributed by atoms with Gasteiger partial charge in [-0.3, -0.25) is 4.79 Å². The summed E-state index contributed by atoms with van der Waals surface area (Å²) >= 11 is 0. The molecule has 14 heavy (non-hydrogen) atoms. The van der Waals surface area contributed by atoms with E-state index in [-0.39, 0.29) is 5.75 Å². The molecule has 0 bridgehead atoms. The quantitative estimate of drug-likeness (QED) is 0.560. The molecule has 0 aliphatic heterocycles. The highest BCUT2D eigenvalue weighted by Crippen LogP contribution is 1.90. The second-order valence-electron chi connectivity index (χ2n) is 3.02. The number of sulfone groups is 1. The summed E-state index contributed by atoms with van der Waals surface area (Å²) in [7, 11) is -3.43. The second kappa shape index (κ2) is 6.78. The summed E-state index contributed by atoms with van der Waals surface area (Å²) in [4.78, 5) is 11.0. The lowest BCUT2D eigenvalue weighted by molar-refractivity contribution is -0.118. The van der Waals surface area contributed by atoms with Crippen LogP contribution >= 0.6 is 0 Å². The summed E-state index contributed by atoms with van der Waals surface area (Å²) < 4.78 is 22.1. The van der Waals surface area contributed by atoms with Crippen LogP contribution in [0.4, 0.5) is 0 Å². The van der Waals surface area contributed by atoms with E-state index in [9.17, 15) is 13.2 Å². The molecule has 84 valence electrons. The van der Waals surface area contributed by atoms with E-state index in [1.807, 2.05) is 6.92 Å². The van der Waals surface area contributed by atoms with Gasteiger partial charge < -0.3 is 10.4 Å². The van der Waals surface area contributed by atoms with Crippen LogP contribution in [0.15, 0.2) is 0 Å². The highest BCUT2D eigenvalue weighted by Gasteiger charge is 2.15. The van der Waals surface area contributed by atoms with Gasteiger partial charge in [-0.05, 0) is 6.42 Å². The van der Waals surface area contributed by atoms with Crippen molar-refractivity contribution < 1.29 is 18.3 Å². The molecule has 1 amide bonds. The highest BCUT2D eigenvalue weighted by molar-refractivity contribution is 7.92. The molecule has 0 spiro atoms. The maximum atomic E-state index is 11.1. The van der Waals surface area contributed by atoms with Gasteiger partial charge in [0, 0.05) is 6.54 Å². The Morgan fingerprint density at radius 2 is 2.07 bits per heavy atom. The second-order valence-corrected chi connectivity index (χ2v) is 5.20. The summed E-state index contributed by atoms with van der Waals surface area (Å²) in [5.41, 5.74) is 0. The van der Waals surface area contributed by atoms with E-state index in [0.717, 1.165) is 12.8 Å². The van der Waals surface area contributed by atoms with Crippen molar-refractivity contribution in [2.24, 2.45) is 0 Å². The Hall–Kier alpha value is -0.620. The van der Waals surface area contributed by atoms with Crippen LogP contribution in [0.1, 0.15) is 19.8 Å². The van der Waals surface area contributed by atoms with Crippen molar-refractivity contribution in [3.05, 3.63) is 0 Å². The van der Waals surface area contributed by atoms with Crippen molar-refractivity contribution in [3.8, 4) is 0 Å². The first kappa shape index (κ1) is 13.4. The van der Waals surface area contributed by atoms with Gasteiger partial charge in [-0.2, -0.15) is 0 Å². The van der Waals surface area contributed by atoms with Gasteiger partial charge in [-0.25, -0.2) is 8.42 Å². The molecule has 2 N–H and O–H groups in total. The Kier molecular flexibility index (Phi) is 6.48. The van der Waals surface area contributed by atoms with E-state index < -0.39 is 28.1 Å². The lowest BCUT2D eigenvalue weighted by Crippen LogP contribution is -2.32. The lowest BCUT2D eigenvalue weighted by Gasteiger charge is -2.04. The molecule has 0 rings (SSSR count). The SMILES string of the molecule is CCCCNC(=O)CS(=O)(=O)CCO. The standard InChI is InChI=1S/C8H17NO4S/c1-2-3-4-9-8(11)7-14(12,13)6-5-10/h10H,2-7H2,1H3,(H,9,11). The molecule has 0 aromatic rings. The number of unbranched alkanes of at least 4 members (excludes halogenated alkanes) is 1. The van der Waals surface area contributed by atoms with Crippen LogP contribution in [0.5, 0.6) is 0 Å². The van der Waals surface area contributed by atoms with Crippen LogP contribution in [0, 0.1) is 0 Å². The van der Waals surface area contributed by atoms with E-state index >= 15 is 0 Å². The first-order valence-electron chi connectivity index (χ1n) is 4.60. The van der Waals surface area contributed by atoms with Crippen molar-refractivity contribution in [2.75, 3.05) is 24.7 Å². The van der Waals surface area contributed by atoms with Crippen molar-refractivity contribution in [3.63, 3.8) is 0 Å². The molecule has 0 unspecified atom stereocenters. The molecular weight excluding hydrogens is 206 g/mol. The summed E-state index contributed by atoms with van der Waals surface area (Å²) in [6.45, 7) is 2.04. The maximum Gasteiger partial charge on any atom is 0.235 e. The Balaban J connectivity index is 3.82. The van der Waals surface area contributed by atoms with Crippen LogP contribution in [-0.2, 0) is 14.6 Å². The molecule has 6 heteroatoms. The average molecular weight is 223 g/mol. The molecule has 0 aromatic heterocycles. The van der Waals surface area contributed by atoms with Crippen molar-refractivity contribution in [1.29, 1.82) is 0 Å². The highest BCUT2D eigenvalue weighted by atomic mass is 32.2. The normalized spacial score (nSPS) is 11.3. The van der Waals surface area contributed by atoms with E-state index in [4.69, 9.17) is 5.11 Å². The van der Waals surface area contributed by atoms with Gasteiger partial charge in [0.1, 0.15) is 5.75 Å². The minimum Gasteiger partial charge on any atom is -0.395 e. The van der Waals surface area contributed by atoms with Crippen LogP contribution in [0.25, 0.3) is 0 Å². The van der Waals surface area contributed by atoms with E-state index in [1.165, 1.54) is 0 Å². The number of amides is 1. The molecule has 0 aliphatic rings. The van der Waals surface area contributed by atoms with Crippen molar-refractivity contribution >= 4 is 15.7 Å². The van der Waals surface area contributed by atoms with E-state index in [1.54, 1.807) is 0 Å². The van der Waals surface area contributed by atoms with Gasteiger partial charge >= 0.3 is 0 Å². The minimum atomic E-state index is -3.43. The van der Waals surface area contributed by atoms with E-state index in [2.05, 4.69) is 5.32 Å². The molecule has 0 saturated heterocycles. The molecule has 0 fully saturated rings. The van der Waals surface area contributed by atoms with Crippen LogP contribution in [-0.4, -0.2) is 44.1 Å². The summed E-state index contributed by atoms with van der Waals surface area (Å²) in [6.07, 6.45) is 1.79. The van der Waals surface area contributed by atoms with Gasteiger partial charge in [0.25, 0.3) is 0 Å². The molecule has 0 heterocycles. The molecular formula is C8H17NO4S.